The van der Waals surface area contributed by atoms with Crippen LogP contribution in [0.1, 0.15) is 11.3 Å². The van der Waals surface area contributed by atoms with Crippen molar-refractivity contribution in [2.24, 2.45) is 0 Å². The van der Waals surface area contributed by atoms with E-state index in [0.29, 0.717) is 12.2 Å². The first-order chi connectivity index (χ1) is 8.16. The zero-order valence-corrected chi connectivity index (χ0v) is 9.43. The molecule has 0 bridgehead atoms. The maximum atomic E-state index is 10.9. The van der Waals surface area contributed by atoms with Crippen LogP contribution in [0.4, 0.5) is 11.4 Å². The van der Waals surface area contributed by atoms with E-state index in [1.54, 1.807) is 12.1 Å². The molecule has 0 aliphatic heterocycles. The first kappa shape index (κ1) is 11.2. The van der Waals surface area contributed by atoms with Gasteiger partial charge in [-0.2, -0.15) is 0 Å². The molecule has 0 radical (unpaired) electrons. The lowest BCUT2D eigenvalue weighted by atomic mass is 10.2. The standard InChI is InChI=1S/C12H13N3O2/c1-9-4-5-11(12(7-9)15(16)17)14-8-10-3-2-6-13-10/h2-7,13-14H,8H2,1H3. The smallest absolute Gasteiger partial charge is 0.292 e. The normalized spacial score (nSPS) is 10.2. The van der Waals surface area contributed by atoms with Crippen LogP contribution in [0.5, 0.6) is 0 Å². The average molecular weight is 231 g/mol. The molecule has 0 aliphatic carbocycles. The topological polar surface area (TPSA) is 71.0 Å². The number of aryl methyl sites for hydroxylation is 1. The zero-order chi connectivity index (χ0) is 12.3. The number of rotatable bonds is 4. The summed E-state index contributed by atoms with van der Waals surface area (Å²) in [5.74, 6) is 0. The highest BCUT2D eigenvalue weighted by Crippen LogP contribution is 2.25. The molecule has 88 valence electrons. The van der Waals surface area contributed by atoms with Crippen molar-refractivity contribution in [1.82, 2.24) is 4.98 Å². The predicted octanol–water partition coefficient (Wildman–Crippen LogP) is 2.84. The average Bonchev–Trinajstić information content (AvgIpc) is 2.80. The van der Waals surface area contributed by atoms with Crippen LogP contribution in [-0.2, 0) is 6.54 Å². The molecule has 0 amide bonds. The number of H-pyrrole nitrogens is 1. The Morgan fingerprint density at radius 3 is 2.88 bits per heavy atom. The van der Waals surface area contributed by atoms with Gasteiger partial charge in [0.2, 0.25) is 0 Å². The molecule has 0 fully saturated rings. The highest BCUT2D eigenvalue weighted by atomic mass is 16.6. The van der Waals surface area contributed by atoms with Crippen LogP contribution in [0.15, 0.2) is 36.5 Å². The molecule has 1 heterocycles. The molecule has 0 spiro atoms. The number of nitrogens with zero attached hydrogens (tertiary/aromatic N) is 1. The largest absolute Gasteiger partial charge is 0.374 e. The summed E-state index contributed by atoms with van der Waals surface area (Å²) in [6, 6.07) is 8.96. The summed E-state index contributed by atoms with van der Waals surface area (Å²) < 4.78 is 0. The number of benzene rings is 1. The molecule has 2 rings (SSSR count). The van der Waals surface area contributed by atoms with Gasteiger partial charge in [-0.15, -0.1) is 0 Å². The van der Waals surface area contributed by atoms with Crippen LogP contribution < -0.4 is 5.32 Å². The Morgan fingerprint density at radius 2 is 2.24 bits per heavy atom. The van der Waals surface area contributed by atoms with E-state index in [1.165, 1.54) is 0 Å². The number of nitro benzene ring substituents is 1. The van der Waals surface area contributed by atoms with Crippen molar-refractivity contribution >= 4 is 11.4 Å². The second-order valence-electron chi connectivity index (χ2n) is 3.83. The Morgan fingerprint density at radius 1 is 1.41 bits per heavy atom. The van der Waals surface area contributed by atoms with Crippen molar-refractivity contribution in [2.45, 2.75) is 13.5 Å². The molecule has 2 N–H and O–H groups in total. The summed E-state index contributed by atoms with van der Waals surface area (Å²) in [6.45, 7) is 2.37. The quantitative estimate of drug-likeness (QED) is 0.627. The van der Waals surface area contributed by atoms with E-state index in [1.807, 2.05) is 31.3 Å². The van der Waals surface area contributed by atoms with Crippen LogP contribution in [0.3, 0.4) is 0 Å². The molecule has 5 nitrogen and oxygen atoms in total. The molecular weight excluding hydrogens is 218 g/mol. The third kappa shape index (κ3) is 2.63. The van der Waals surface area contributed by atoms with Gasteiger partial charge in [0.1, 0.15) is 5.69 Å². The third-order valence-corrected chi connectivity index (χ3v) is 2.48. The van der Waals surface area contributed by atoms with Gasteiger partial charge in [-0.25, -0.2) is 0 Å². The Bertz CT molecular complexity index is 521. The van der Waals surface area contributed by atoms with E-state index in [9.17, 15) is 10.1 Å². The SMILES string of the molecule is Cc1ccc(NCc2ccc[nH]2)c([N+](=O)[O-])c1. The molecule has 0 unspecified atom stereocenters. The monoisotopic (exact) mass is 231 g/mol. The van der Waals surface area contributed by atoms with Crippen LogP contribution >= 0.6 is 0 Å². The summed E-state index contributed by atoms with van der Waals surface area (Å²) in [5, 5.41) is 13.9. The van der Waals surface area contributed by atoms with Gasteiger partial charge in [0.05, 0.1) is 11.5 Å². The van der Waals surface area contributed by atoms with Crippen LogP contribution in [0.2, 0.25) is 0 Å². The number of aromatic amines is 1. The molecular formula is C12H13N3O2. The van der Waals surface area contributed by atoms with Crippen molar-refractivity contribution in [3.63, 3.8) is 0 Å². The highest BCUT2D eigenvalue weighted by molar-refractivity contribution is 5.62. The minimum atomic E-state index is -0.371. The van der Waals surface area contributed by atoms with Crippen LogP contribution in [0, 0.1) is 17.0 Å². The second-order valence-corrected chi connectivity index (χ2v) is 3.83. The number of hydrogen-bond acceptors (Lipinski definition) is 3. The van der Waals surface area contributed by atoms with Crippen molar-refractivity contribution in [1.29, 1.82) is 0 Å². The number of anilines is 1. The lowest BCUT2D eigenvalue weighted by Crippen LogP contribution is -2.03. The van der Waals surface area contributed by atoms with Gasteiger partial charge in [0, 0.05) is 18.0 Å². The first-order valence-electron chi connectivity index (χ1n) is 5.28. The maximum Gasteiger partial charge on any atom is 0.292 e. The van der Waals surface area contributed by atoms with E-state index in [2.05, 4.69) is 10.3 Å². The van der Waals surface area contributed by atoms with Gasteiger partial charge in [0.25, 0.3) is 5.69 Å². The fourth-order valence-corrected chi connectivity index (χ4v) is 1.61. The lowest BCUT2D eigenvalue weighted by molar-refractivity contribution is -0.384. The molecule has 0 atom stereocenters. The molecule has 17 heavy (non-hydrogen) atoms. The molecule has 2 aromatic rings. The van der Waals surface area contributed by atoms with Crippen LogP contribution in [0.25, 0.3) is 0 Å². The number of nitrogens with one attached hydrogen (secondary N) is 2. The Kier molecular flexibility index (Phi) is 3.09. The number of hydrogen-bond donors (Lipinski definition) is 2. The van der Waals surface area contributed by atoms with E-state index in [-0.39, 0.29) is 10.6 Å². The van der Waals surface area contributed by atoms with Crippen molar-refractivity contribution < 1.29 is 4.92 Å². The highest BCUT2D eigenvalue weighted by Gasteiger charge is 2.13. The van der Waals surface area contributed by atoms with Gasteiger partial charge in [0.15, 0.2) is 0 Å². The van der Waals surface area contributed by atoms with E-state index >= 15 is 0 Å². The summed E-state index contributed by atoms with van der Waals surface area (Å²) in [5.41, 5.74) is 2.51. The van der Waals surface area contributed by atoms with E-state index in [0.717, 1.165) is 11.3 Å². The Balaban J connectivity index is 2.17. The predicted molar refractivity (Wildman–Crippen MR) is 66.0 cm³/mol. The molecule has 0 saturated carbocycles. The zero-order valence-electron chi connectivity index (χ0n) is 9.43. The van der Waals surface area contributed by atoms with Gasteiger partial charge in [-0.1, -0.05) is 6.07 Å². The summed E-state index contributed by atoms with van der Waals surface area (Å²) in [4.78, 5) is 13.6. The molecule has 1 aromatic carbocycles. The summed E-state index contributed by atoms with van der Waals surface area (Å²) in [7, 11) is 0. The minimum absolute atomic E-state index is 0.108. The van der Waals surface area contributed by atoms with Crippen molar-refractivity contribution in [3.05, 3.63) is 57.9 Å². The number of aromatic nitrogens is 1. The van der Waals surface area contributed by atoms with Crippen molar-refractivity contribution in [2.75, 3.05) is 5.32 Å². The molecule has 5 heteroatoms. The van der Waals surface area contributed by atoms with Gasteiger partial charge < -0.3 is 10.3 Å². The fraction of sp³-hybridized carbons (Fsp3) is 0.167. The van der Waals surface area contributed by atoms with Gasteiger partial charge >= 0.3 is 0 Å². The molecule has 0 saturated heterocycles. The van der Waals surface area contributed by atoms with Gasteiger partial charge in [-0.05, 0) is 30.7 Å². The minimum Gasteiger partial charge on any atom is -0.374 e. The Hall–Kier alpha value is -2.30. The van der Waals surface area contributed by atoms with E-state index in [4.69, 9.17) is 0 Å². The molecule has 0 aliphatic rings. The Labute approximate surface area is 98.6 Å². The summed E-state index contributed by atoms with van der Waals surface area (Å²) >= 11 is 0. The first-order valence-corrected chi connectivity index (χ1v) is 5.28. The fourth-order valence-electron chi connectivity index (χ4n) is 1.61. The third-order valence-electron chi connectivity index (χ3n) is 2.48. The molecule has 1 aromatic heterocycles. The van der Waals surface area contributed by atoms with Crippen molar-refractivity contribution in [3.8, 4) is 0 Å². The van der Waals surface area contributed by atoms with Gasteiger partial charge in [-0.3, -0.25) is 10.1 Å². The van der Waals surface area contributed by atoms with E-state index < -0.39 is 0 Å². The number of nitro groups is 1. The summed E-state index contributed by atoms with van der Waals surface area (Å²) in [6.07, 6.45) is 1.82. The lowest BCUT2D eigenvalue weighted by Gasteiger charge is -2.06. The van der Waals surface area contributed by atoms with Crippen LogP contribution in [-0.4, -0.2) is 9.91 Å². The second kappa shape index (κ2) is 4.69. The maximum absolute atomic E-state index is 10.9.